The Morgan fingerprint density at radius 3 is 2.65 bits per heavy atom. The third-order valence-corrected chi connectivity index (χ3v) is 3.33. The van der Waals surface area contributed by atoms with Crippen LogP contribution >= 0.6 is 11.3 Å². The van der Waals surface area contributed by atoms with Crippen molar-refractivity contribution in [3.8, 4) is 11.8 Å². The van der Waals surface area contributed by atoms with Gasteiger partial charge in [0.15, 0.2) is 0 Å². The molecule has 0 amide bonds. The number of nitriles is 1. The van der Waals surface area contributed by atoms with Gasteiger partial charge in [-0.3, -0.25) is 4.79 Å². The van der Waals surface area contributed by atoms with E-state index in [1.165, 1.54) is 11.3 Å². The van der Waals surface area contributed by atoms with E-state index in [0.717, 1.165) is 11.3 Å². The molecule has 0 radical (unpaired) electrons. The Labute approximate surface area is 121 Å². The highest BCUT2D eigenvalue weighted by atomic mass is 32.1. The molecule has 2 aromatic rings. The van der Waals surface area contributed by atoms with E-state index in [1.807, 2.05) is 42.6 Å². The van der Waals surface area contributed by atoms with E-state index in [4.69, 9.17) is 10.00 Å². The summed E-state index contributed by atoms with van der Waals surface area (Å²) in [5, 5.41) is 12.7. The van der Waals surface area contributed by atoms with Crippen LogP contribution < -0.4 is 4.74 Å². The van der Waals surface area contributed by atoms with Crippen molar-refractivity contribution in [2.45, 2.75) is 6.92 Å². The molecule has 0 N–H and O–H groups in total. The van der Waals surface area contributed by atoms with Crippen LogP contribution in [0.3, 0.4) is 0 Å². The summed E-state index contributed by atoms with van der Waals surface area (Å²) in [5.74, 6) is 0.523. The third kappa shape index (κ3) is 3.34. The van der Waals surface area contributed by atoms with Gasteiger partial charge in [-0.05, 0) is 42.1 Å². The maximum Gasteiger partial charge on any atom is 0.204 e. The second kappa shape index (κ2) is 6.69. The standard InChI is InChI=1S/C16H13NO2S/c1-2-19-15-5-3-12(4-6-15)9-14(10-17)16(18)13-7-8-20-11-13/h3-9,11H,2H2,1H3/b14-9-. The second-order valence-electron chi connectivity index (χ2n) is 4.01. The number of carbonyl (C=O) groups excluding carboxylic acids is 1. The number of nitrogens with zero attached hydrogens (tertiary/aromatic N) is 1. The van der Waals surface area contributed by atoms with Gasteiger partial charge in [0.1, 0.15) is 17.4 Å². The van der Waals surface area contributed by atoms with Crippen LogP contribution in [-0.2, 0) is 0 Å². The first-order chi connectivity index (χ1) is 9.74. The Balaban J connectivity index is 2.23. The number of rotatable bonds is 5. The Hall–Kier alpha value is -2.38. The summed E-state index contributed by atoms with van der Waals surface area (Å²) in [5.41, 5.74) is 1.48. The van der Waals surface area contributed by atoms with Crippen molar-refractivity contribution >= 4 is 23.2 Å². The molecule has 1 aromatic carbocycles. The van der Waals surface area contributed by atoms with Gasteiger partial charge in [0.2, 0.25) is 5.78 Å². The van der Waals surface area contributed by atoms with E-state index in [2.05, 4.69) is 0 Å². The van der Waals surface area contributed by atoms with Crippen LogP contribution in [0.25, 0.3) is 6.08 Å². The zero-order chi connectivity index (χ0) is 14.4. The van der Waals surface area contributed by atoms with Gasteiger partial charge in [-0.25, -0.2) is 0 Å². The monoisotopic (exact) mass is 283 g/mol. The molecule has 20 heavy (non-hydrogen) atoms. The lowest BCUT2D eigenvalue weighted by Gasteiger charge is -2.02. The normalized spacial score (nSPS) is 10.9. The van der Waals surface area contributed by atoms with Crippen molar-refractivity contribution in [3.63, 3.8) is 0 Å². The molecule has 0 bridgehead atoms. The van der Waals surface area contributed by atoms with Gasteiger partial charge < -0.3 is 4.74 Å². The maximum atomic E-state index is 12.1. The molecule has 3 nitrogen and oxygen atoms in total. The van der Waals surface area contributed by atoms with Gasteiger partial charge in [-0.2, -0.15) is 16.6 Å². The predicted molar refractivity (Wildman–Crippen MR) is 79.9 cm³/mol. The van der Waals surface area contributed by atoms with Gasteiger partial charge in [-0.15, -0.1) is 0 Å². The Morgan fingerprint density at radius 2 is 2.10 bits per heavy atom. The zero-order valence-electron chi connectivity index (χ0n) is 11.0. The molecule has 0 aliphatic heterocycles. The minimum atomic E-state index is -0.248. The molecule has 1 heterocycles. The Morgan fingerprint density at radius 1 is 1.35 bits per heavy atom. The molecule has 1 aromatic heterocycles. The first kappa shape index (κ1) is 14.0. The van der Waals surface area contributed by atoms with Crippen molar-refractivity contribution in [1.82, 2.24) is 0 Å². The second-order valence-corrected chi connectivity index (χ2v) is 4.79. The van der Waals surface area contributed by atoms with Crippen molar-refractivity contribution in [2.24, 2.45) is 0 Å². The number of allylic oxidation sites excluding steroid dienone is 1. The minimum Gasteiger partial charge on any atom is -0.494 e. The van der Waals surface area contributed by atoms with Gasteiger partial charge in [0.05, 0.1) is 6.61 Å². The van der Waals surface area contributed by atoms with E-state index < -0.39 is 0 Å². The summed E-state index contributed by atoms with van der Waals surface area (Å²) in [4.78, 5) is 12.1. The van der Waals surface area contributed by atoms with Gasteiger partial charge in [0.25, 0.3) is 0 Å². The predicted octanol–water partition coefficient (Wildman–Crippen LogP) is 3.94. The maximum absolute atomic E-state index is 12.1. The Bertz CT molecular complexity index is 649. The number of ketones is 1. The van der Waals surface area contributed by atoms with Crippen LogP contribution in [0.15, 0.2) is 46.7 Å². The molecule has 0 saturated heterocycles. The summed E-state index contributed by atoms with van der Waals surface area (Å²) in [7, 11) is 0. The summed E-state index contributed by atoms with van der Waals surface area (Å²) in [6.45, 7) is 2.52. The van der Waals surface area contributed by atoms with E-state index in [-0.39, 0.29) is 11.4 Å². The van der Waals surface area contributed by atoms with Crippen LogP contribution in [0.2, 0.25) is 0 Å². The molecule has 0 saturated carbocycles. The quantitative estimate of drug-likeness (QED) is 0.474. The third-order valence-electron chi connectivity index (χ3n) is 2.65. The highest BCUT2D eigenvalue weighted by Gasteiger charge is 2.12. The number of ether oxygens (including phenoxy) is 1. The summed E-state index contributed by atoms with van der Waals surface area (Å²) in [6.07, 6.45) is 1.59. The van der Waals surface area contributed by atoms with Crippen molar-refractivity contribution in [1.29, 1.82) is 5.26 Å². The molecule has 0 aliphatic rings. The number of carbonyl (C=O) groups is 1. The van der Waals surface area contributed by atoms with Crippen LogP contribution in [0.5, 0.6) is 5.75 Å². The molecule has 0 spiro atoms. The number of thiophene rings is 1. The average Bonchev–Trinajstić information content (AvgIpc) is 3.00. The summed E-state index contributed by atoms with van der Waals surface area (Å²) in [6, 6.07) is 11.0. The number of hydrogen-bond acceptors (Lipinski definition) is 4. The van der Waals surface area contributed by atoms with Gasteiger partial charge in [-0.1, -0.05) is 12.1 Å². The molecule has 0 atom stereocenters. The molecular formula is C16H13NO2S. The number of Topliss-reactive ketones (excluding diaryl/α,β-unsaturated/α-hetero) is 1. The first-order valence-corrected chi connectivity index (χ1v) is 7.10. The van der Waals surface area contributed by atoms with Gasteiger partial charge in [0, 0.05) is 10.9 Å². The highest BCUT2D eigenvalue weighted by molar-refractivity contribution is 7.08. The number of hydrogen-bond donors (Lipinski definition) is 0. The zero-order valence-corrected chi connectivity index (χ0v) is 11.8. The molecule has 0 unspecified atom stereocenters. The summed E-state index contributed by atoms with van der Waals surface area (Å²) >= 11 is 1.44. The lowest BCUT2D eigenvalue weighted by Crippen LogP contribution is -1.99. The lowest BCUT2D eigenvalue weighted by molar-refractivity contribution is 0.104. The van der Waals surface area contributed by atoms with E-state index >= 15 is 0 Å². The van der Waals surface area contributed by atoms with Crippen LogP contribution in [-0.4, -0.2) is 12.4 Å². The average molecular weight is 283 g/mol. The molecule has 0 fully saturated rings. The SMILES string of the molecule is CCOc1ccc(/C=C(/C#N)C(=O)c2ccsc2)cc1. The molecular weight excluding hydrogens is 270 g/mol. The largest absolute Gasteiger partial charge is 0.494 e. The van der Waals surface area contributed by atoms with Crippen LogP contribution in [0.4, 0.5) is 0 Å². The first-order valence-electron chi connectivity index (χ1n) is 6.16. The fourth-order valence-electron chi connectivity index (χ4n) is 1.69. The highest BCUT2D eigenvalue weighted by Crippen LogP contribution is 2.17. The van der Waals surface area contributed by atoms with Crippen molar-refractivity contribution in [3.05, 3.63) is 57.8 Å². The van der Waals surface area contributed by atoms with Crippen molar-refractivity contribution < 1.29 is 9.53 Å². The molecule has 2 rings (SSSR count). The van der Waals surface area contributed by atoms with E-state index in [9.17, 15) is 4.79 Å². The fraction of sp³-hybridized carbons (Fsp3) is 0.125. The fourth-order valence-corrected chi connectivity index (χ4v) is 2.33. The van der Waals surface area contributed by atoms with E-state index in [0.29, 0.717) is 12.2 Å². The number of benzene rings is 1. The van der Waals surface area contributed by atoms with Crippen LogP contribution in [0.1, 0.15) is 22.8 Å². The molecule has 0 aliphatic carbocycles. The van der Waals surface area contributed by atoms with Gasteiger partial charge >= 0.3 is 0 Å². The topological polar surface area (TPSA) is 50.1 Å². The smallest absolute Gasteiger partial charge is 0.204 e. The Kier molecular flexibility index (Phi) is 4.70. The minimum absolute atomic E-state index is 0.132. The van der Waals surface area contributed by atoms with Crippen LogP contribution in [0, 0.1) is 11.3 Å². The van der Waals surface area contributed by atoms with E-state index in [1.54, 1.807) is 17.5 Å². The molecule has 4 heteroatoms. The summed E-state index contributed by atoms with van der Waals surface area (Å²) < 4.78 is 5.35. The lowest BCUT2D eigenvalue weighted by atomic mass is 10.0. The van der Waals surface area contributed by atoms with Crippen molar-refractivity contribution in [2.75, 3.05) is 6.61 Å². The molecule has 100 valence electrons.